The van der Waals surface area contributed by atoms with Crippen LogP contribution in [0.1, 0.15) is 24.0 Å². The molecule has 0 radical (unpaired) electrons. The maximum absolute atomic E-state index is 13.6. The first kappa shape index (κ1) is 30.0. The predicted molar refractivity (Wildman–Crippen MR) is 167 cm³/mol. The van der Waals surface area contributed by atoms with Gasteiger partial charge < -0.3 is 11.1 Å². The van der Waals surface area contributed by atoms with Gasteiger partial charge in [-0.1, -0.05) is 66.2 Å². The van der Waals surface area contributed by atoms with Crippen molar-refractivity contribution in [3.8, 4) is 11.3 Å². The van der Waals surface area contributed by atoms with Crippen molar-refractivity contribution in [3.05, 3.63) is 104 Å². The van der Waals surface area contributed by atoms with Crippen LogP contribution in [0.2, 0.25) is 5.02 Å². The van der Waals surface area contributed by atoms with E-state index in [1.54, 1.807) is 24.3 Å². The van der Waals surface area contributed by atoms with Gasteiger partial charge >= 0.3 is 5.91 Å². The molecule has 1 aliphatic rings. The summed E-state index contributed by atoms with van der Waals surface area (Å²) >= 11 is 7.16. The molecule has 1 aromatic heterocycles. The van der Waals surface area contributed by atoms with Crippen LogP contribution < -0.4 is 21.5 Å². The SMILES string of the molecule is NC(=O)CCC(=O)NCc1ccc(C2=NN(c3nc(-c4ccccc4)cs3)C(=O)/C2=N/Nc2ccc(Cl)c([N+](=O)[O-])c2)cc1. The van der Waals surface area contributed by atoms with E-state index < -0.39 is 16.7 Å². The summed E-state index contributed by atoms with van der Waals surface area (Å²) in [6.07, 6.45) is -0.0465. The molecule has 1 aliphatic heterocycles. The number of amides is 3. The number of rotatable bonds is 11. The lowest BCUT2D eigenvalue weighted by molar-refractivity contribution is -0.384. The molecular weight excluding hydrogens is 608 g/mol. The maximum atomic E-state index is 13.6. The molecule has 0 fully saturated rings. The smallest absolute Gasteiger partial charge is 0.303 e. The summed E-state index contributed by atoms with van der Waals surface area (Å²) in [5, 5.41) is 26.1. The molecule has 3 aromatic carbocycles. The van der Waals surface area contributed by atoms with Crippen LogP contribution in [0.4, 0.5) is 16.5 Å². The number of aromatic nitrogens is 1. The monoisotopic (exact) mass is 630 g/mol. The summed E-state index contributed by atoms with van der Waals surface area (Å²) in [4.78, 5) is 51.8. The van der Waals surface area contributed by atoms with Gasteiger partial charge in [0.2, 0.25) is 16.9 Å². The predicted octanol–water partition coefficient (Wildman–Crippen LogP) is 4.47. The summed E-state index contributed by atoms with van der Waals surface area (Å²) in [5.41, 5.74) is 10.8. The molecule has 13 nitrogen and oxygen atoms in total. The first-order chi connectivity index (χ1) is 21.2. The molecule has 0 bridgehead atoms. The van der Waals surface area contributed by atoms with Crippen LogP contribution in [0.15, 0.2) is 88.4 Å². The second kappa shape index (κ2) is 13.2. The van der Waals surface area contributed by atoms with Gasteiger partial charge in [-0.2, -0.15) is 15.2 Å². The Morgan fingerprint density at radius 3 is 2.50 bits per heavy atom. The van der Waals surface area contributed by atoms with E-state index in [0.717, 1.165) is 16.1 Å². The number of nitro benzene ring substituents is 1. The molecule has 0 unspecified atom stereocenters. The molecule has 0 saturated heterocycles. The van der Waals surface area contributed by atoms with Crippen molar-refractivity contribution >= 4 is 68.6 Å². The Balaban J connectivity index is 1.42. The topological polar surface area (TPSA) is 185 Å². The first-order valence-corrected chi connectivity index (χ1v) is 14.3. The average Bonchev–Trinajstić information content (AvgIpc) is 3.64. The Bertz CT molecular complexity index is 1810. The minimum absolute atomic E-state index is 0.00544. The minimum atomic E-state index is -0.621. The van der Waals surface area contributed by atoms with Crippen molar-refractivity contribution in [1.82, 2.24) is 10.3 Å². The Morgan fingerprint density at radius 1 is 1.05 bits per heavy atom. The summed E-state index contributed by atoms with van der Waals surface area (Å²) in [5.74, 6) is -1.42. The van der Waals surface area contributed by atoms with Crippen LogP contribution in [0.25, 0.3) is 11.3 Å². The number of carbonyl (C=O) groups is 3. The number of primary amides is 1. The summed E-state index contributed by atoms with van der Waals surface area (Å²) < 4.78 is 0. The lowest BCUT2D eigenvalue weighted by Gasteiger charge is -2.07. The standard InChI is InChI=1S/C29H23ClN8O5S/c30-21-11-10-20(14-23(21)38(42)43)34-35-27-26(19-8-6-17(7-9-19)15-32-25(40)13-12-24(31)39)36-37(28(27)41)29-33-22(16-44-29)18-4-2-1-3-5-18/h1-11,14,16,34H,12-13,15H2,(H2,31,39)(H,32,40)/b35-27+. The van der Waals surface area contributed by atoms with Gasteiger partial charge in [0, 0.05) is 42.0 Å². The largest absolute Gasteiger partial charge is 0.370 e. The van der Waals surface area contributed by atoms with Crippen molar-refractivity contribution in [2.45, 2.75) is 19.4 Å². The van der Waals surface area contributed by atoms with Gasteiger partial charge in [-0.05, 0) is 17.7 Å². The fraction of sp³-hybridized carbons (Fsp3) is 0.103. The van der Waals surface area contributed by atoms with Gasteiger partial charge in [0.1, 0.15) is 10.7 Å². The first-order valence-electron chi connectivity index (χ1n) is 13.1. The van der Waals surface area contributed by atoms with Crippen molar-refractivity contribution in [1.29, 1.82) is 0 Å². The Kier molecular flexibility index (Phi) is 9.02. The van der Waals surface area contributed by atoms with Crippen molar-refractivity contribution < 1.29 is 19.3 Å². The average molecular weight is 631 g/mol. The number of anilines is 2. The molecule has 3 amide bonds. The second-order valence-electron chi connectivity index (χ2n) is 9.38. The quantitative estimate of drug-likeness (QED) is 0.161. The molecule has 4 N–H and O–H groups in total. The lowest BCUT2D eigenvalue weighted by atomic mass is 10.0. The van der Waals surface area contributed by atoms with Gasteiger partial charge in [0.15, 0.2) is 5.71 Å². The van der Waals surface area contributed by atoms with E-state index in [4.69, 9.17) is 17.3 Å². The Labute approximate surface area is 259 Å². The van der Waals surface area contributed by atoms with Gasteiger partial charge in [-0.15, -0.1) is 11.3 Å². The third-order valence-electron chi connectivity index (χ3n) is 6.32. The molecule has 15 heteroatoms. The van der Waals surface area contributed by atoms with Crippen molar-refractivity contribution in [2.24, 2.45) is 15.9 Å². The number of nitro groups is 1. The zero-order chi connectivity index (χ0) is 31.2. The molecule has 4 aromatic rings. The van der Waals surface area contributed by atoms with Crippen LogP contribution in [0, 0.1) is 10.1 Å². The van der Waals surface area contributed by atoms with E-state index in [1.807, 2.05) is 35.7 Å². The van der Waals surface area contributed by atoms with E-state index in [9.17, 15) is 24.5 Å². The summed E-state index contributed by atoms with van der Waals surface area (Å²) in [6, 6.07) is 20.5. The molecule has 0 aliphatic carbocycles. The van der Waals surface area contributed by atoms with Gasteiger partial charge in [0.25, 0.3) is 5.69 Å². The number of nitrogens with zero attached hydrogens (tertiary/aromatic N) is 5. The number of hydrogen-bond acceptors (Lipinski definition) is 10. The van der Waals surface area contributed by atoms with Crippen LogP contribution in [-0.4, -0.2) is 39.1 Å². The molecule has 0 spiro atoms. The number of nitrogens with two attached hydrogens (primary N) is 1. The number of hydrogen-bond donors (Lipinski definition) is 3. The molecule has 222 valence electrons. The molecule has 5 rings (SSSR count). The number of nitrogens with one attached hydrogen (secondary N) is 2. The number of hydrazone groups is 2. The number of carbonyl (C=O) groups excluding carboxylic acids is 3. The number of benzene rings is 3. The van der Waals surface area contributed by atoms with Crippen molar-refractivity contribution in [3.63, 3.8) is 0 Å². The van der Waals surface area contributed by atoms with Crippen LogP contribution in [-0.2, 0) is 20.9 Å². The third kappa shape index (κ3) is 6.94. The minimum Gasteiger partial charge on any atom is -0.370 e. The van der Waals surface area contributed by atoms with Crippen LogP contribution >= 0.6 is 22.9 Å². The molecule has 0 saturated carbocycles. The highest BCUT2D eigenvalue weighted by Gasteiger charge is 2.36. The molecular formula is C29H23ClN8O5S. The summed E-state index contributed by atoms with van der Waals surface area (Å²) in [6.45, 7) is 0.217. The Hall–Kier alpha value is -5.47. The van der Waals surface area contributed by atoms with E-state index in [1.165, 1.54) is 29.5 Å². The fourth-order valence-electron chi connectivity index (χ4n) is 4.07. The third-order valence-corrected chi connectivity index (χ3v) is 7.45. The van der Waals surface area contributed by atoms with Gasteiger partial charge in [-0.25, -0.2) is 4.98 Å². The zero-order valence-electron chi connectivity index (χ0n) is 22.8. The number of thiazole rings is 1. The molecule has 2 heterocycles. The highest BCUT2D eigenvalue weighted by molar-refractivity contribution is 7.14. The van der Waals surface area contributed by atoms with Crippen LogP contribution in [0.3, 0.4) is 0 Å². The summed E-state index contributed by atoms with van der Waals surface area (Å²) in [7, 11) is 0. The van der Waals surface area contributed by atoms with E-state index in [-0.39, 0.29) is 53.1 Å². The van der Waals surface area contributed by atoms with E-state index in [0.29, 0.717) is 16.4 Å². The van der Waals surface area contributed by atoms with Crippen LogP contribution in [0.5, 0.6) is 0 Å². The fourth-order valence-corrected chi connectivity index (χ4v) is 5.04. The lowest BCUT2D eigenvalue weighted by Crippen LogP contribution is -2.28. The molecule has 0 atom stereocenters. The van der Waals surface area contributed by atoms with E-state index in [2.05, 4.69) is 25.9 Å². The van der Waals surface area contributed by atoms with E-state index >= 15 is 0 Å². The van der Waals surface area contributed by atoms with Gasteiger partial charge in [-0.3, -0.25) is 29.9 Å². The highest BCUT2D eigenvalue weighted by atomic mass is 35.5. The zero-order valence-corrected chi connectivity index (χ0v) is 24.3. The Morgan fingerprint density at radius 2 is 1.80 bits per heavy atom. The normalized spacial score (nSPS) is 13.6. The highest BCUT2D eigenvalue weighted by Crippen LogP contribution is 2.31. The van der Waals surface area contributed by atoms with Crippen molar-refractivity contribution in [2.75, 3.05) is 10.4 Å². The number of halogens is 1. The maximum Gasteiger partial charge on any atom is 0.303 e. The molecule has 44 heavy (non-hydrogen) atoms. The second-order valence-corrected chi connectivity index (χ2v) is 10.6. The van der Waals surface area contributed by atoms with Gasteiger partial charge in [0.05, 0.1) is 16.3 Å².